The fourth-order valence-corrected chi connectivity index (χ4v) is 3.42. The molecule has 8 heteroatoms. The second-order valence-electron chi connectivity index (χ2n) is 5.66. The first-order chi connectivity index (χ1) is 11.2. The topological polar surface area (TPSA) is 54.4 Å². The average molecular weight is 337 g/mol. The van der Waals surface area contributed by atoms with E-state index in [4.69, 9.17) is 4.74 Å². The van der Waals surface area contributed by atoms with E-state index in [9.17, 15) is 4.39 Å². The minimum atomic E-state index is -0.240. The Morgan fingerprint density at radius 2 is 2.30 bits per heavy atom. The van der Waals surface area contributed by atoms with Gasteiger partial charge in [-0.1, -0.05) is 0 Å². The van der Waals surface area contributed by atoms with E-state index < -0.39 is 0 Å². The first kappa shape index (κ1) is 16.2. The van der Waals surface area contributed by atoms with Gasteiger partial charge in [0.2, 0.25) is 5.13 Å². The molecule has 124 valence electrons. The Kier molecular flexibility index (Phi) is 5.14. The van der Waals surface area contributed by atoms with Gasteiger partial charge in [-0.15, -0.1) is 0 Å². The summed E-state index contributed by atoms with van der Waals surface area (Å²) in [6.45, 7) is 5.78. The Balaban J connectivity index is 1.61. The standard InChI is InChI=1S/C15H20FN5OS/c1-11-8-21(15-18-14(10-22-2)19-23-15)6-5-20(11)9-12-3-4-17-7-13(12)16/h3-4,7,11H,5-6,8-10H2,1-2H3. The summed E-state index contributed by atoms with van der Waals surface area (Å²) in [5, 5.41) is 0.929. The molecule has 0 N–H and O–H groups in total. The van der Waals surface area contributed by atoms with Crippen LogP contribution in [-0.2, 0) is 17.9 Å². The van der Waals surface area contributed by atoms with Crippen LogP contribution in [0.3, 0.4) is 0 Å². The molecule has 2 aromatic rings. The van der Waals surface area contributed by atoms with Crippen molar-refractivity contribution in [3.05, 3.63) is 35.7 Å². The van der Waals surface area contributed by atoms with Gasteiger partial charge < -0.3 is 9.64 Å². The highest BCUT2D eigenvalue weighted by atomic mass is 32.1. The second-order valence-corrected chi connectivity index (χ2v) is 6.39. The monoisotopic (exact) mass is 337 g/mol. The molecule has 2 aromatic heterocycles. The van der Waals surface area contributed by atoms with Crippen LogP contribution < -0.4 is 4.90 Å². The zero-order valence-electron chi connectivity index (χ0n) is 13.3. The summed E-state index contributed by atoms with van der Waals surface area (Å²) in [4.78, 5) is 12.8. The van der Waals surface area contributed by atoms with E-state index in [2.05, 4.69) is 31.1 Å². The summed E-state index contributed by atoms with van der Waals surface area (Å²) in [5.74, 6) is 0.483. The van der Waals surface area contributed by atoms with E-state index in [0.29, 0.717) is 24.8 Å². The number of methoxy groups -OCH3 is 1. The molecule has 1 unspecified atom stereocenters. The summed E-state index contributed by atoms with van der Waals surface area (Å²) in [7, 11) is 1.64. The normalized spacial score (nSPS) is 19.3. The van der Waals surface area contributed by atoms with Crippen LogP contribution in [-0.4, -0.2) is 52.0 Å². The first-order valence-electron chi connectivity index (χ1n) is 7.56. The van der Waals surface area contributed by atoms with Gasteiger partial charge in [0.25, 0.3) is 0 Å². The maximum atomic E-state index is 13.8. The van der Waals surface area contributed by atoms with Gasteiger partial charge in [0.1, 0.15) is 12.4 Å². The maximum Gasteiger partial charge on any atom is 0.205 e. The van der Waals surface area contributed by atoms with E-state index in [1.807, 2.05) is 0 Å². The fraction of sp³-hybridized carbons (Fsp3) is 0.533. The lowest BCUT2D eigenvalue weighted by atomic mass is 10.1. The number of anilines is 1. The highest BCUT2D eigenvalue weighted by Gasteiger charge is 2.26. The quantitative estimate of drug-likeness (QED) is 0.831. The predicted octanol–water partition coefficient (Wildman–Crippen LogP) is 1.93. The van der Waals surface area contributed by atoms with Gasteiger partial charge in [-0.05, 0) is 13.0 Å². The predicted molar refractivity (Wildman–Crippen MR) is 86.9 cm³/mol. The van der Waals surface area contributed by atoms with Crippen LogP contribution in [0.25, 0.3) is 0 Å². The van der Waals surface area contributed by atoms with Crippen molar-refractivity contribution in [1.82, 2.24) is 19.2 Å². The van der Waals surface area contributed by atoms with Crippen LogP contribution >= 0.6 is 11.5 Å². The molecule has 1 aliphatic heterocycles. The van der Waals surface area contributed by atoms with Gasteiger partial charge in [-0.25, -0.2) is 9.37 Å². The maximum absolute atomic E-state index is 13.8. The number of ether oxygens (including phenoxy) is 1. The Hall–Kier alpha value is -1.64. The zero-order valence-corrected chi connectivity index (χ0v) is 14.1. The smallest absolute Gasteiger partial charge is 0.205 e. The van der Waals surface area contributed by atoms with Gasteiger partial charge >= 0.3 is 0 Å². The lowest BCUT2D eigenvalue weighted by molar-refractivity contribution is 0.176. The Bertz CT molecular complexity index is 652. The lowest BCUT2D eigenvalue weighted by Crippen LogP contribution is -2.51. The van der Waals surface area contributed by atoms with Crippen LogP contribution in [0.2, 0.25) is 0 Å². The van der Waals surface area contributed by atoms with Gasteiger partial charge in [0.15, 0.2) is 5.82 Å². The molecule has 0 amide bonds. The number of aromatic nitrogens is 3. The Labute approximate surface area is 139 Å². The van der Waals surface area contributed by atoms with Gasteiger partial charge in [0.05, 0.1) is 6.20 Å². The summed E-state index contributed by atoms with van der Waals surface area (Å²) in [6, 6.07) is 2.06. The molecule has 0 spiro atoms. The van der Waals surface area contributed by atoms with Crippen LogP contribution in [0.15, 0.2) is 18.5 Å². The minimum Gasteiger partial charge on any atom is -0.377 e. The number of pyridine rings is 1. The third kappa shape index (κ3) is 3.82. The molecule has 23 heavy (non-hydrogen) atoms. The third-order valence-corrected chi connectivity index (χ3v) is 4.81. The molecule has 0 aromatic carbocycles. The van der Waals surface area contributed by atoms with Crippen molar-refractivity contribution in [3.8, 4) is 0 Å². The van der Waals surface area contributed by atoms with E-state index >= 15 is 0 Å². The number of nitrogens with zero attached hydrogens (tertiary/aromatic N) is 5. The van der Waals surface area contributed by atoms with Crippen molar-refractivity contribution >= 4 is 16.7 Å². The van der Waals surface area contributed by atoms with Crippen molar-refractivity contribution in [2.75, 3.05) is 31.6 Å². The highest BCUT2D eigenvalue weighted by Crippen LogP contribution is 2.23. The SMILES string of the molecule is COCc1nsc(N2CCN(Cc3ccncc3F)C(C)C2)n1. The fourth-order valence-electron chi connectivity index (χ4n) is 2.72. The molecule has 3 rings (SSSR count). The third-order valence-electron chi connectivity index (χ3n) is 4.00. The molecule has 0 bridgehead atoms. The summed E-state index contributed by atoms with van der Waals surface area (Å²) in [5.41, 5.74) is 0.693. The van der Waals surface area contributed by atoms with Crippen molar-refractivity contribution in [2.24, 2.45) is 0 Å². The number of rotatable bonds is 5. The van der Waals surface area contributed by atoms with Crippen molar-refractivity contribution < 1.29 is 9.13 Å². The Morgan fingerprint density at radius 1 is 1.43 bits per heavy atom. The van der Waals surface area contributed by atoms with Crippen molar-refractivity contribution in [3.63, 3.8) is 0 Å². The molecule has 6 nitrogen and oxygen atoms in total. The minimum absolute atomic E-state index is 0.240. The molecule has 1 saturated heterocycles. The highest BCUT2D eigenvalue weighted by molar-refractivity contribution is 7.09. The van der Waals surface area contributed by atoms with Gasteiger partial charge in [0, 0.05) is 62.6 Å². The Morgan fingerprint density at radius 3 is 3.04 bits per heavy atom. The first-order valence-corrected chi connectivity index (χ1v) is 8.33. The molecule has 3 heterocycles. The molecule has 0 saturated carbocycles. The van der Waals surface area contributed by atoms with Gasteiger partial charge in [-0.3, -0.25) is 9.88 Å². The lowest BCUT2D eigenvalue weighted by Gasteiger charge is -2.39. The summed E-state index contributed by atoms with van der Waals surface area (Å²) in [6.07, 6.45) is 2.91. The van der Waals surface area contributed by atoms with Crippen LogP contribution in [0, 0.1) is 5.82 Å². The second kappa shape index (κ2) is 7.29. The van der Waals surface area contributed by atoms with E-state index in [1.54, 1.807) is 19.4 Å². The van der Waals surface area contributed by atoms with E-state index in [0.717, 1.165) is 30.6 Å². The zero-order chi connectivity index (χ0) is 16.2. The molecule has 1 fully saturated rings. The average Bonchev–Trinajstić information content (AvgIpc) is 3.00. The molecular formula is C15H20FN5OS. The van der Waals surface area contributed by atoms with E-state index in [1.165, 1.54) is 17.7 Å². The summed E-state index contributed by atoms with van der Waals surface area (Å²) < 4.78 is 23.1. The molecule has 1 aliphatic rings. The molecule has 0 aliphatic carbocycles. The largest absolute Gasteiger partial charge is 0.377 e. The van der Waals surface area contributed by atoms with Crippen molar-refractivity contribution in [1.29, 1.82) is 0 Å². The van der Waals surface area contributed by atoms with Crippen LogP contribution in [0.4, 0.5) is 9.52 Å². The summed E-state index contributed by atoms with van der Waals surface area (Å²) >= 11 is 1.40. The van der Waals surface area contributed by atoms with Gasteiger partial charge in [-0.2, -0.15) is 4.37 Å². The number of piperazine rings is 1. The van der Waals surface area contributed by atoms with Crippen LogP contribution in [0.5, 0.6) is 0 Å². The number of halogens is 1. The molecular weight excluding hydrogens is 317 g/mol. The van der Waals surface area contributed by atoms with Crippen molar-refractivity contribution in [2.45, 2.75) is 26.1 Å². The van der Waals surface area contributed by atoms with E-state index in [-0.39, 0.29) is 5.82 Å². The molecule has 1 atom stereocenters. The number of hydrogen-bond donors (Lipinski definition) is 0. The van der Waals surface area contributed by atoms with Crippen LogP contribution in [0.1, 0.15) is 18.3 Å². The molecule has 0 radical (unpaired) electrons. The number of hydrogen-bond acceptors (Lipinski definition) is 7.